The van der Waals surface area contributed by atoms with Gasteiger partial charge in [-0.15, -0.1) is 11.3 Å². The van der Waals surface area contributed by atoms with Gasteiger partial charge in [-0.05, 0) is 49.2 Å². The molecular formula is C18H27N7O2S. The molecule has 0 aromatic carbocycles. The summed E-state index contributed by atoms with van der Waals surface area (Å²) in [6.45, 7) is 9.51. The van der Waals surface area contributed by atoms with E-state index in [9.17, 15) is 10.2 Å². The topological polar surface area (TPSA) is 103 Å². The first-order valence-corrected chi connectivity index (χ1v) is 10.6. The number of aliphatic hydroxyl groups is 2. The van der Waals surface area contributed by atoms with E-state index in [-0.39, 0.29) is 0 Å². The lowest BCUT2D eigenvalue weighted by molar-refractivity contribution is 0.178. The minimum atomic E-state index is -0.544. The second-order valence-corrected chi connectivity index (χ2v) is 8.72. The molecule has 0 bridgehead atoms. The fourth-order valence-electron chi connectivity index (χ4n) is 3.98. The van der Waals surface area contributed by atoms with E-state index in [0.717, 1.165) is 48.5 Å². The van der Waals surface area contributed by atoms with Crippen molar-refractivity contribution in [1.29, 1.82) is 0 Å². The minimum Gasteiger partial charge on any atom is -0.392 e. The van der Waals surface area contributed by atoms with Gasteiger partial charge >= 0.3 is 0 Å². The lowest BCUT2D eigenvalue weighted by Crippen LogP contribution is -2.37. The van der Waals surface area contributed by atoms with Crippen LogP contribution in [0, 0.1) is 0 Å². The van der Waals surface area contributed by atoms with E-state index in [4.69, 9.17) is 4.98 Å². The Kier molecular flexibility index (Phi) is 5.46. The normalized spacial score (nSPS) is 17.2. The van der Waals surface area contributed by atoms with Gasteiger partial charge in [0.25, 0.3) is 5.78 Å². The predicted octanol–water partition coefficient (Wildman–Crippen LogP) is 1.07. The lowest BCUT2D eigenvalue weighted by atomic mass is 10.0. The maximum atomic E-state index is 10.0. The number of nitrogens with zero attached hydrogens (tertiary/aromatic N) is 7. The van der Waals surface area contributed by atoms with Gasteiger partial charge in [0.05, 0.1) is 17.6 Å². The SMILES string of the molecule is CCCN1CCc2c(sc3c2c(N(CC(C)O)CC(C)O)nc2nnnn23)C1. The van der Waals surface area contributed by atoms with Gasteiger partial charge in [-0.2, -0.15) is 9.50 Å². The molecule has 0 fully saturated rings. The summed E-state index contributed by atoms with van der Waals surface area (Å²) in [6, 6.07) is 0. The molecule has 0 saturated heterocycles. The molecule has 2 N–H and O–H groups in total. The summed E-state index contributed by atoms with van der Waals surface area (Å²) in [5.74, 6) is 1.19. The van der Waals surface area contributed by atoms with Gasteiger partial charge in [0.15, 0.2) is 0 Å². The van der Waals surface area contributed by atoms with Gasteiger partial charge in [-0.25, -0.2) is 0 Å². The largest absolute Gasteiger partial charge is 0.392 e. The third-order valence-corrected chi connectivity index (χ3v) is 6.19. The standard InChI is InChI=1S/C18H27N7O2S/c1-4-6-23-7-5-13-14(10-23)28-17-15(13)16(19-18-20-21-22-25(17)18)24(8-11(2)26)9-12(3)27/h11-12,26-27H,4-10H2,1-3H3. The number of hydrogen-bond acceptors (Lipinski definition) is 9. The molecule has 0 amide bonds. The Morgan fingerprint density at radius 1 is 1.21 bits per heavy atom. The van der Waals surface area contributed by atoms with Crippen molar-refractivity contribution in [3.63, 3.8) is 0 Å². The highest BCUT2D eigenvalue weighted by molar-refractivity contribution is 7.19. The Balaban J connectivity index is 1.89. The molecule has 10 heteroatoms. The average Bonchev–Trinajstić information content (AvgIpc) is 3.23. The molecule has 28 heavy (non-hydrogen) atoms. The highest BCUT2D eigenvalue weighted by atomic mass is 32.1. The van der Waals surface area contributed by atoms with Gasteiger partial charge < -0.3 is 15.1 Å². The molecule has 3 aromatic heterocycles. The smallest absolute Gasteiger partial charge is 0.276 e. The van der Waals surface area contributed by atoms with Crippen molar-refractivity contribution in [1.82, 2.24) is 29.9 Å². The highest BCUT2D eigenvalue weighted by Crippen LogP contribution is 2.39. The number of rotatable bonds is 7. The van der Waals surface area contributed by atoms with Crippen molar-refractivity contribution in [2.24, 2.45) is 0 Å². The van der Waals surface area contributed by atoms with Crippen molar-refractivity contribution in [3.8, 4) is 0 Å². The van der Waals surface area contributed by atoms with Gasteiger partial charge in [0.1, 0.15) is 10.6 Å². The summed E-state index contributed by atoms with van der Waals surface area (Å²) < 4.78 is 1.70. The van der Waals surface area contributed by atoms with Crippen molar-refractivity contribution >= 4 is 33.1 Å². The van der Waals surface area contributed by atoms with Crippen LogP contribution in [-0.4, -0.2) is 78.5 Å². The molecule has 9 nitrogen and oxygen atoms in total. The van der Waals surface area contributed by atoms with Gasteiger partial charge in [0.2, 0.25) is 0 Å². The first-order valence-electron chi connectivity index (χ1n) is 9.83. The van der Waals surface area contributed by atoms with Crippen LogP contribution in [0.5, 0.6) is 0 Å². The maximum Gasteiger partial charge on any atom is 0.276 e. The van der Waals surface area contributed by atoms with Crippen LogP contribution in [0.3, 0.4) is 0 Å². The Bertz CT molecular complexity index is 958. The van der Waals surface area contributed by atoms with Crippen molar-refractivity contribution in [3.05, 3.63) is 10.4 Å². The number of aliphatic hydroxyl groups excluding tert-OH is 2. The van der Waals surface area contributed by atoms with E-state index in [1.807, 2.05) is 4.90 Å². The summed E-state index contributed by atoms with van der Waals surface area (Å²) in [7, 11) is 0. The summed E-state index contributed by atoms with van der Waals surface area (Å²) >= 11 is 1.72. The molecule has 4 heterocycles. The maximum absolute atomic E-state index is 10.0. The van der Waals surface area contributed by atoms with Crippen molar-refractivity contribution in [2.45, 2.75) is 52.4 Å². The molecule has 0 saturated carbocycles. The number of thiophene rings is 1. The van der Waals surface area contributed by atoms with Gasteiger partial charge in [0, 0.05) is 31.1 Å². The van der Waals surface area contributed by atoms with Crippen LogP contribution < -0.4 is 4.90 Å². The van der Waals surface area contributed by atoms with Crippen LogP contribution in [-0.2, 0) is 13.0 Å². The first kappa shape index (κ1) is 19.4. The molecule has 152 valence electrons. The van der Waals surface area contributed by atoms with E-state index >= 15 is 0 Å². The van der Waals surface area contributed by atoms with Crippen molar-refractivity contribution < 1.29 is 10.2 Å². The molecule has 2 atom stereocenters. The number of aromatic nitrogens is 5. The number of hydrogen-bond donors (Lipinski definition) is 2. The fourth-order valence-corrected chi connectivity index (χ4v) is 5.31. The van der Waals surface area contributed by atoms with E-state index in [1.165, 1.54) is 10.4 Å². The Labute approximate surface area is 167 Å². The zero-order chi connectivity index (χ0) is 19.8. The molecule has 1 aliphatic rings. The Morgan fingerprint density at radius 2 is 1.96 bits per heavy atom. The second-order valence-electron chi connectivity index (χ2n) is 7.64. The second kappa shape index (κ2) is 7.86. The van der Waals surface area contributed by atoms with Crippen LogP contribution in [0.15, 0.2) is 0 Å². The summed E-state index contributed by atoms with van der Waals surface area (Å²) in [6.07, 6.45) is 1.00. The van der Waals surface area contributed by atoms with Gasteiger partial charge in [-0.3, -0.25) is 4.90 Å². The Hall–Kier alpha value is -1.88. The molecule has 1 aliphatic heterocycles. The minimum absolute atomic E-state index is 0.386. The van der Waals surface area contributed by atoms with Crippen LogP contribution >= 0.6 is 11.3 Å². The third-order valence-electron chi connectivity index (χ3n) is 5.00. The molecule has 0 aliphatic carbocycles. The Morgan fingerprint density at radius 3 is 2.64 bits per heavy atom. The number of fused-ring (bicyclic) bond motifs is 5. The summed E-state index contributed by atoms with van der Waals surface area (Å²) in [4.78, 5) is 11.5. The predicted molar refractivity (Wildman–Crippen MR) is 109 cm³/mol. The highest BCUT2D eigenvalue weighted by Gasteiger charge is 2.28. The molecule has 2 unspecified atom stereocenters. The number of anilines is 1. The van der Waals surface area contributed by atoms with E-state index < -0.39 is 12.2 Å². The van der Waals surface area contributed by atoms with Crippen LogP contribution in [0.2, 0.25) is 0 Å². The lowest BCUT2D eigenvalue weighted by Gasteiger charge is -2.29. The number of tetrazole rings is 1. The quantitative estimate of drug-likeness (QED) is 0.602. The summed E-state index contributed by atoms with van der Waals surface area (Å²) in [5.41, 5.74) is 1.30. The van der Waals surface area contributed by atoms with Crippen LogP contribution in [0.1, 0.15) is 37.6 Å². The molecule has 0 spiro atoms. The zero-order valence-electron chi connectivity index (χ0n) is 16.5. The van der Waals surface area contributed by atoms with E-state index in [1.54, 1.807) is 29.7 Å². The first-order chi connectivity index (χ1) is 13.5. The summed E-state index contributed by atoms with van der Waals surface area (Å²) in [5, 5.41) is 33.1. The van der Waals surface area contributed by atoms with Crippen LogP contribution in [0.4, 0.5) is 5.82 Å². The fraction of sp³-hybridized carbons (Fsp3) is 0.667. The molecule has 4 rings (SSSR count). The van der Waals surface area contributed by atoms with E-state index in [0.29, 0.717) is 18.9 Å². The monoisotopic (exact) mass is 405 g/mol. The molecular weight excluding hydrogens is 378 g/mol. The van der Waals surface area contributed by atoms with Crippen LogP contribution in [0.25, 0.3) is 16.0 Å². The average molecular weight is 406 g/mol. The van der Waals surface area contributed by atoms with Gasteiger partial charge in [-0.1, -0.05) is 12.0 Å². The molecule has 0 radical (unpaired) electrons. The van der Waals surface area contributed by atoms with E-state index in [2.05, 4.69) is 27.3 Å². The zero-order valence-corrected chi connectivity index (χ0v) is 17.4. The third kappa shape index (κ3) is 3.57. The molecule has 3 aromatic rings. The van der Waals surface area contributed by atoms with Crippen molar-refractivity contribution in [2.75, 3.05) is 31.1 Å².